The van der Waals surface area contributed by atoms with E-state index < -0.39 is 0 Å². The van der Waals surface area contributed by atoms with Crippen LogP contribution in [0.2, 0.25) is 0 Å². The van der Waals surface area contributed by atoms with Gasteiger partial charge in [0.05, 0.1) is 0 Å². The number of rotatable bonds is 7. The lowest BCUT2D eigenvalue weighted by atomic mass is 10.3. The molecule has 0 unspecified atom stereocenters. The van der Waals surface area contributed by atoms with Gasteiger partial charge in [0, 0.05) is 19.1 Å². The molecular formula is C10H22N2O2. The fraction of sp³-hybridized carbons (Fsp3) is 0.900. The zero-order chi connectivity index (χ0) is 10.8. The summed E-state index contributed by atoms with van der Waals surface area (Å²) in [7, 11) is 0. The van der Waals surface area contributed by atoms with Gasteiger partial charge in [-0.15, -0.1) is 0 Å². The number of carbonyl (C=O) groups excluding carboxylic acids is 1. The summed E-state index contributed by atoms with van der Waals surface area (Å²) in [5.41, 5.74) is 0. The molecule has 0 atom stereocenters. The summed E-state index contributed by atoms with van der Waals surface area (Å²) in [6.07, 6.45) is 1.76. The van der Waals surface area contributed by atoms with Gasteiger partial charge < -0.3 is 15.4 Å². The van der Waals surface area contributed by atoms with Gasteiger partial charge in [0.1, 0.15) is 6.61 Å². The largest absolute Gasteiger partial charge is 0.448 e. The molecule has 0 aromatic carbocycles. The van der Waals surface area contributed by atoms with E-state index in [1.54, 1.807) is 0 Å². The number of hydrogen-bond donors (Lipinski definition) is 2. The van der Waals surface area contributed by atoms with Crippen LogP contribution in [0.4, 0.5) is 4.79 Å². The molecule has 0 aromatic rings. The van der Waals surface area contributed by atoms with Crippen molar-refractivity contribution in [3.05, 3.63) is 0 Å². The predicted octanol–water partition coefficient (Wildman–Crippen LogP) is 1.51. The molecule has 1 amide bonds. The van der Waals surface area contributed by atoms with Crippen LogP contribution in [0.5, 0.6) is 0 Å². The van der Waals surface area contributed by atoms with Gasteiger partial charge in [-0.25, -0.2) is 4.79 Å². The van der Waals surface area contributed by atoms with Crippen LogP contribution in [0.1, 0.15) is 33.6 Å². The van der Waals surface area contributed by atoms with Crippen LogP contribution in [0, 0.1) is 0 Å². The number of alkyl carbamates (subject to hydrolysis) is 1. The van der Waals surface area contributed by atoms with Crippen molar-refractivity contribution in [1.29, 1.82) is 0 Å². The number of carbonyl (C=O) groups is 1. The highest BCUT2D eigenvalue weighted by Gasteiger charge is 1.99. The molecule has 0 radical (unpaired) electrons. The van der Waals surface area contributed by atoms with E-state index in [0.717, 1.165) is 12.8 Å². The Bertz CT molecular complexity index is 149. The van der Waals surface area contributed by atoms with Crippen molar-refractivity contribution in [2.24, 2.45) is 0 Å². The Hall–Kier alpha value is -0.770. The van der Waals surface area contributed by atoms with Gasteiger partial charge in [-0.1, -0.05) is 27.2 Å². The third-order valence-corrected chi connectivity index (χ3v) is 1.69. The summed E-state index contributed by atoms with van der Waals surface area (Å²) in [5, 5.41) is 5.85. The zero-order valence-corrected chi connectivity index (χ0v) is 9.43. The quantitative estimate of drug-likeness (QED) is 0.615. The van der Waals surface area contributed by atoms with Crippen LogP contribution in [0.3, 0.4) is 0 Å². The van der Waals surface area contributed by atoms with E-state index in [4.69, 9.17) is 4.74 Å². The van der Waals surface area contributed by atoms with Crippen molar-refractivity contribution < 1.29 is 9.53 Å². The van der Waals surface area contributed by atoms with Crippen LogP contribution in [-0.2, 0) is 4.74 Å². The lowest BCUT2D eigenvalue weighted by Crippen LogP contribution is -2.31. The lowest BCUT2D eigenvalue weighted by Gasteiger charge is -2.09. The molecule has 0 rings (SSSR count). The van der Waals surface area contributed by atoms with Crippen LogP contribution in [-0.4, -0.2) is 31.8 Å². The standard InChI is InChI=1S/C10H22N2O2/c1-4-5-6-12-10(13)14-8-7-11-9(2)3/h9,11H,4-8H2,1-3H3,(H,12,13). The van der Waals surface area contributed by atoms with E-state index in [2.05, 4.69) is 31.4 Å². The molecule has 14 heavy (non-hydrogen) atoms. The Morgan fingerprint density at radius 1 is 1.36 bits per heavy atom. The number of hydrogen-bond acceptors (Lipinski definition) is 3. The third kappa shape index (κ3) is 9.32. The molecule has 84 valence electrons. The Labute approximate surface area is 86.4 Å². The summed E-state index contributed by atoms with van der Waals surface area (Å²) in [5.74, 6) is 0. The molecule has 0 bridgehead atoms. The van der Waals surface area contributed by atoms with Crippen molar-refractivity contribution in [1.82, 2.24) is 10.6 Å². The molecular weight excluding hydrogens is 180 g/mol. The highest BCUT2D eigenvalue weighted by Crippen LogP contribution is 1.84. The molecule has 0 saturated heterocycles. The Balaban J connectivity index is 3.18. The van der Waals surface area contributed by atoms with E-state index in [1.807, 2.05) is 0 Å². The third-order valence-electron chi connectivity index (χ3n) is 1.69. The SMILES string of the molecule is CCCCNC(=O)OCCNC(C)C. The van der Waals surface area contributed by atoms with E-state index in [0.29, 0.717) is 25.7 Å². The smallest absolute Gasteiger partial charge is 0.407 e. The van der Waals surface area contributed by atoms with Gasteiger partial charge in [0.15, 0.2) is 0 Å². The highest BCUT2D eigenvalue weighted by molar-refractivity contribution is 5.66. The van der Waals surface area contributed by atoms with Gasteiger partial charge in [-0.05, 0) is 6.42 Å². The summed E-state index contributed by atoms with van der Waals surface area (Å²) in [4.78, 5) is 11.0. The molecule has 0 spiro atoms. The first kappa shape index (κ1) is 13.2. The molecule has 0 aliphatic heterocycles. The average Bonchev–Trinajstić information content (AvgIpc) is 2.13. The lowest BCUT2D eigenvalue weighted by molar-refractivity contribution is 0.146. The van der Waals surface area contributed by atoms with Gasteiger partial charge in [-0.3, -0.25) is 0 Å². The van der Waals surface area contributed by atoms with Crippen molar-refractivity contribution in [2.45, 2.75) is 39.7 Å². The van der Waals surface area contributed by atoms with Crippen molar-refractivity contribution in [2.75, 3.05) is 19.7 Å². The first-order chi connectivity index (χ1) is 6.66. The minimum atomic E-state index is -0.316. The Morgan fingerprint density at radius 3 is 2.64 bits per heavy atom. The van der Waals surface area contributed by atoms with Crippen molar-refractivity contribution in [3.8, 4) is 0 Å². The van der Waals surface area contributed by atoms with Crippen LogP contribution in [0.15, 0.2) is 0 Å². The van der Waals surface area contributed by atoms with E-state index >= 15 is 0 Å². The minimum absolute atomic E-state index is 0.316. The van der Waals surface area contributed by atoms with Gasteiger partial charge in [-0.2, -0.15) is 0 Å². The highest BCUT2D eigenvalue weighted by atomic mass is 16.5. The molecule has 0 aliphatic rings. The summed E-state index contributed by atoms with van der Waals surface area (Å²) >= 11 is 0. The second kappa shape index (κ2) is 8.81. The number of unbranched alkanes of at least 4 members (excludes halogenated alkanes) is 1. The molecule has 0 fully saturated rings. The van der Waals surface area contributed by atoms with Crippen molar-refractivity contribution in [3.63, 3.8) is 0 Å². The number of amides is 1. The second-order valence-electron chi connectivity index (χ2n) is 3.53. The molecule has 4 nitrogen and oxygen atoms in total. The first-order valence-corrected chi connectivity index (χ1v) is 5.30. The van der Waals surface area contributed by atoms with E-state index in [9.17, 15) is 4.79 Å². The molecule has 2 N–H and O–H groups in total. The minimum Gasteiger partial charge on any atom is -0.448 e. The maximum absolute atomic E-state index is 11.0. The molecule has 0 saturated carbocycles. The number of nitrogens with one attached hydrogen (secondary N) is 2. The fourth-order valence-electron chi connectivity index (χ4n) is 0.910. The second-order valence-corrected chi connectivity index (χ2v) is 3.53. The maximum Gasteiger partial charge on any atom is 0.407 e. The summed E-state index contributed by atoms with van der Waals surface area (Å²) in [6, 6.07) is 0.432. The van der Waals surface area contributed by atoms with Crippen molar-refractivity contribution >= 4 is 6.09 Å². The summed E-state index contributed by atoms with van der Waals surface area (Å²) in [6.45, 7) is 8.03. The van der Waals surface area contributed by atoms with Crippen LogP contribution in [0.25, 0.3) is 0 Å². The average molecular weight is 202 g/mol. The molecule has 0 heterocycles. The van der Waals surface area contributed by atoms with E-state index in [1.165, 1.54) is 0 Å². The van der Waals surface area contributed by atoms with Gasteiger partial charge in [0.25, 0.3) is 0 Å². The van der Waals surface area contributed by atoms with E-state index in [-0.39, 0.29) is 6.09 Å². The maximum atomic E-state index is 11.0. The topological polar surface area (TPSA) is 50.4 Å². The molecule has 0 aromatic heterocycles. The van der Waals surface area contributed by atoms with Gasteiger partial charge in [0.2, 0.25) is 0 Å². The predicted molar refractivity (Wildman–Crippen MR) is 57.4 cm³/mol. The number of ether oxygens (including phenoxy) is 1. The summed E-state index contributed by atoms with van der Waals surface area (Å²) < 4.78 is 4.93. The fourth-order valence-corrected chi connectivity index (χ4v) is 0.910. The molecule has 4 heteroatoms. The first-order valence-electron chi connectivity index (χ1n) is 5.30. The zero-order valence-electron chi connectivity index (χ0n) is 9.43. The normalized spacial score (nSPS) is 10.3. The van der Waals surface area contributed by atoms with Crippen LogP contribution < -0.4 is 10.6 Å². The Morgan fingerprint density at radius 2 is 2.07 bits per heavy atom. The van der Waals surface area contributed by atoms with Gasteiger partial charge >= 0.3 is 6.09 Å². The molecule has 0 aliphatic carbocycles. The monoisotopic (exact) mass is 202 g/mol. The van der Waals surface area contributed by atoms with Crippen LogP contribution >= 0.6 is 0 Å². The Kier molecular flexibility index (Phi) is 8.33.